The van der Waals surface area contributed by atoms with Crippen molar-refractivity contribution in [3.8, 4) is 22.3 Å². The maximum atomic E-state index is 2.38. The molecule has 0 unspecified atom stereocenters. The lowest BCUT2D eigenvalue weighted by Crippen LogP contribution is -1.87. The van der Waals surface area contributed by atoms with Crippen molar-refractivity contribution in [3.05, 3.63) is 121 Å². The fraction of sp³-hybridized carbons (Fsp3) is 0.0769. The van der Waals surface area contributed by atoms with Crippen molar-refractivity contribution in [2.45, 2.75) is 0 Å². The molecule has 0 saturated carbocycles. The van der Waals surface area contributed by atoms with E-state index in [9.17, 15) is 0 Å². The molecule has 0 atom stereocenters. The quantitative estimate of drug-likeness (QED) is 0.208. The summed E-state index contributed by atoms with van der Waals surface area (Å²) in [5.41, 5.74) is 12.5. The third kappa shape index (κ3) is 3.11. The lowest BCUT2D eigenvalue weighted by molar-refractivity contribution is 1.01. The van der Waals surface area contributed by atoms with Crippen LogP contribution in [0.3, 0.4) is 0 Å². The molecule has 0 spiro atoms. The van der Waals surface area contributed by atoms with Gasteiger partial charge in [-0.3, -0.25) is 0 Å². The third-order valence-electron chi connectivity index (χ3n) is 9.50. The zero-order valence-electron chi connectivity index (χ0n) is 23.9. The predicted molar refractivity (Wildman–Crippen MR) is 179 cm³/mol. The minimum absolute atomic E-state index is 1.24. The van der Waals surface area contributed by atoms with Crippen LogP contribution < -0.4 is 0 Å². The summed E-state index contributed by atoms with van der Waals surface area (Å²) < 4.78 is 6.90. The van der Waals surface area contributed by atoms with Crippen molar-refractivity contribution in [2.24, 2.45) is 21.1 Å². The van der Waals surface area contributed by atoms with Crippen molar-refractivity contribution in [2.75, 3.05) is 0 Å². The van der Waals surface area contributed by atoms with Crippen LogP contribution in [0.25, 0.3) is 87.7 Å². The van der Waals surface area contributed by atoms with Crippen LogP contribution in [0.15, 0.2) is 121 Å². The highest BCUT2D eigenvalue weighted by molar-refractivity contribution is 6.13. The Morgan fingerprint density at radius 3 is 0.881 bits per heavy atom. The van der Waals surface area contributed by atoms with Gasteiger partial charge < -0.3 is 13.7 Å². The van der Waals surface area contributed by atoms with Gasteiger partial charge in [0.2, 0.25) is 0 Å². The third-order valence-corrected chi connectivity index (χ3v) is 9.50. The van der Waals surface area contributed by atoms with E-state index in [1.165, 1.54) is 87.7 Å². The molecule has 3 heterocycles. The van der Waals surface area contributed by atoms with Gasteiger partial charge in [0.1, 0.15) is 0 Å². The van der Waals surface area contributed by atoms with Gasteiger partial charge in [0.25, 0.3) is 0 Å². The zero-order valence-corrected chi connectivity index (χ0v) is 23.9. The molecule has 0 aliphatic carbocycles. The van der Waals surface area contributed by atoms with Gasteiger partial charge in [-0.1, -0.05) is 60.7 Å². The van der Waals surface area contributed by atoms with Gasteiger partial charge >= 0.3 is 0 Å². The van der Waals surface area contributed by atoms with Crippen LogP contribution in [0.5, 0.6) is 0 Å². The summed E-state index contributed by atoms with van der Waals surface area (Å²) in [4.78, 5) is 0. The average molecular weight is 540 g/mol. The number of hydrogen-bond acceptors (Lipinski definition) is 0. The second-order valence-corrected chi connectivity index (χ2v) is 11.6. The van der Waals surface area contributed by atoms with Crippen LogP contribution in [0.2, 0.25) is 0 Å². The molecule has 42 heavy (non-hydrogen) atoms. The summed E-state index contributed by atoms with van der Waals surface area (Å²) in [6, 6.07) is 45.0. The first-order chi connectivity index (χ1) is 20.6. The molecule has 0 fully saturated rings. The fourth-order valence-corrected chi connectivity index (χ4v) is 7.27. The molecular formula is C39H29N3. The Morgan fingerprint density at radius 1 is 0.286 bits per heavy atom. The standard InChI is InChI=1S/C39H29N3/c1-40-34-10-6-4-8-28(34)30-20-24(12-16-36(30)40)26-14-18-38-32(22-26)33-23-27(15-19-39(33)42(38)3)25-13-17-37-31(21-25)29-9-5-7-11-35(29)41(37)2/h4-23H,1-3H3. The van der Waals surface area contributed by atoms with Crippen molar-refractivity contribution in [3.63, 3.8) is 0 Å². The summed E-state index contributed by atoms with van der Waals surface area (Å²) in [7, 11) is 6.48. The number of fused-ring (bicyclic) bond motifs is 9. The number of aryl methyl sites for hydroxylation is 3. The maximum absolute atomic E-state index is 2.38. The highest BCUT2D eigenvalue weighted by atomic mass is 14.9. The van der Waals surface area contributed by atoms with E-state index in [-0.39, 0.29) is 0 Å². The smallest absolute Gasteiger partial charge is 0.0489 e. The molecule has 9 rings (SSSR count). The van der Waals surface area contributed by atoms with E-state index in [4.69, 9.17) is 0 Å². The first kappa shape index (κ1) is 23.4. The van der Waals surface area contributed by atoms with Crippen LogP contribution >= 0.6 is 0 Å². The lowest BCUT2D eigenvalue weighted by Gasteiger charge is -2.06. The molecule has 9 aromatic rings. The van der Waals surface area contributed by atoms with E-state index in [0.717, 1.165) is 0 Å². The number of nitrogens with zero attached hydrogens (tertiary/aromatic N) is 3. The second kappa shape index (κ2) is 8.37. The Balaban J connectivity index is 1.22. The van der Waals surface area contributed by atoms with Crippen LogP contribution in [-0.2, 0) is 21.1 Å². The monoisotopic (exact) mass is 539 g/mol. The van der Waals surface area contributed by atoms with Gasteiger partial charge in [-0.2, -0.15) is 0 Å². The molecule has 200 valence electrons. The van der Waals surface area contributed by atoms with E-state index >= 15 is 0 Å². The Labute approximate surface area is 243 Å². The molecule has 0 bridgehead atoms. The zero-order chi connectivity index (χ0) is 28.1. The first-order valence-corrected chi connectivity index (χ1v) is 14.5. The first-order valence-electron chi connectivity index (χ1n) is 14.5. The van der Waals surface area contributed by atoms with E-state index < -0.39 is 0 Å². The van der Waals surface area contributed by atoms with Crippen LogP contribution in [-0.4, -0.2) is 13.7 Å². The Hall–Kier alpha value is -5.28. The number of rotatable bonds is 2. The van der Waals surface area contributed by atoms with Crippen molar-refractivity contribution in [1.29, 1.82) is 0 Å². The van der Waals surface area contributed by atoms with E-state index in [1.54, 1.807) is 0 Å². The van der Waals surface area contributed by atoms with Crippen LogP contribution in [0.4, 0.5) is 0 Å². The maximum Gasteiger partial charge on any atom is 0.0489 e. The van der Waals surface area contributed by atoms with Crippen molar-refractivity contribution >= 4 is 65.4 Å². The van der Waals surface area contributed by atoms with Crippen molar-refractivity contribution < 1.29 is 0 Å². The van der Waals surface area contributed by atoms with Crippen LogP contribution in [0, 0.1) is 0 Å². The SMILES string of the molecule is Cn1c2ccccc2c2cc(-c3ccc4c(c3)c3cc(-c5ccc6c(c5)c5ccccc5n6C)ccc3n4C)ccc21. The van der Waals surface area contributed by atoms with Gasteiger partial charge in [-0.25, -0.2) is 0 Å². The Kier molecular flexibility index (Phi) is 4.67. The van der Waals surface area contributed by atoms with E-state index in [1.807, 2.05) is 0 Å². The summed E-state index contributed by atoms with van der Waals surface area (Å²) in [6.07, 6.45) is 0. The predicted octanol–water partition coefficient (Wildman–Crippen LogP) is 9.96. The normalized spacial score (nSPS) is 12.2. The van der Waals surface area contributed by atoms with Gasteiger partial charge in [-0.15, -0.1) is 0 Å². The summed E-state index contributed by atoms with van der Waals surface area (Å²) >= 11 is 0. The molecule has 0 aliphatic rings. The highest BCUT2D eigenvalue weighted by Gasteiger charge is 2.14. The number of hydrogen-bond donors (Lipinski definition) is 0. The largest absolute Gasteiger partial charge is 0.344 e. The minimum atomic E-state index is 1.24. The number of benzene rings is 6. The Morgan fingerprint density at radius 2 is 0.548 bits per heavy atom. The van der Waals surface area contributed by atoms with Gasteiger partial charge in [0, 0.05) is 86.6 Å². The number of para-hydroxylation sites is 2. The second-order valence-electron chi connectivity index (χ2n) is 11.6. The lowest BCUT2D eigenvalue weighted by atomic mass is 9.98. The minimum Gasteiger partial charge on any atom is -0.344 e. The topological polar surface area (TPSA) is 14.8 Å². The summed E-state index contributed by atoms with van der Waals surface area (Å²) in [5, 5.41) is 7.78. The highest BCUT2D eigenvalue weighted by Crippen LogP contribution is 2.38. The van der Waals surface area contributed by atoms with Gasteiger partial charge in [-0.05, 0) is 82.9 Å². The molecule has 0 aliphatic heterocycles. The molecule has 0 N–H and O–H groups in total. The molecule has 0 amide bonds. The van der Waals surface area contributed by atoms with Crippen molar-refractivity contribution in [1.82, 2.24) is 13.7 Å². The van der Waals surface area contributed by atoms with Crippen LogP contribution in [0.1, 0.15) is 0 Å². The number of aromatic nitrogens is 3. The Bertz CT molecular complexity index is 2370. The van der Waals surface area contributed by atoms with Gasteiger partial charge in [0.05, 0.1) is 0 Å². The summed E-state index contributed by atoms with van der Waals surface area (Å²) in [6.45, 7) is 0. The fourth-order valence-electron chi connectivity index (χ4n) is 7.27. The molecule has 6 aromatic carbocycles. The average Bonchev–Trinajstić information content (AvgIpc) is 3.61. The van der Waals surface area contributed by atoms with Gasteiger partial charge in [0.15, 0.2) is 0 Å². The molecule has 3 nitrogen and oxygen atoms in total. The summed E-state index contributed by atoms with van der Waals surface area (Å²) in [5.74, 6) is 0. The van der Waals surface area contributed by atoms with E-state index in [2.05, 4.69) is 156 Å². The molecule has 0 radical (unpaired) electrons. The molecule has 0 saturated heterocycles. The molecular weight excluding hydrogens is 510 g/mol. The molecule has 3 aromatic heterocycles. The molecule has 3 heteroatoms. The van der Waals surface area contributed by atoms with E-state index in [0.29, 0.717) is 0 Å².